The van der Waals surface area contributed by atoms with E-state index < -0.39 is 48.2 Å². The number of azo groups is 1. The fourth-order valence-corrected chi connectivity index (χ4v) is 4.39. The predicted molar refractivity (Wildman–Crippen MR) is 117 cm³/mol. The topological polar surface area (TPSA) is 178 Å². The van der Waals surface area contributed by atoms with Gasteiger partial charge in [-0.05, 0) is 37.5 Å². The Morgan fingerprint density at radius 3 is 2.77 bits per heavy atom. The molecule has 1 aromatic rings. The van der Waals surface area contributed by atoms with Crippen molar-refractivity contribution in [2.45, 2.75) is 56.8 Å². The van der Waals surface area contributed by atoms with Crippen molar-refractivity contribution < 1.29 is 33.9 Å². The van der Waals surface area contributed by atoms with Crippen molar-refractivity contribution in [3.63, 3.8) is 0 Å². The van der Waals surface area contributed by atoms with Crippen LogP contribution in [0.4, 0.5) is 5.69 Å². The van der Waals surface area contributed by atoms with Crippen molar-refractivity contribution in [1.82, 2.24) is 20.7 Å². The number of amides is 4. The summed E-state index contributed by atoms with van der Waals surface area (Å²) in [6.07, 6.45) is 0.371. The van der Waals surface area contributed by atoms with Gasteiger partial charge in [-0.2, -0.15) is 10.2 Å². The van der Waals surface area contributed by atoms with Gasteiger partial charge >= 0.3 is 5.97 Å². The van der Waals surface area contributed by atoms with Crippen molar-refractivity contribution >= 4 is 41.6 Å². The van der Waals surface area contributed by atoms with Crippen molar-refractivity contribution in [1.29, 1.82) is 0 Å². The van der Waals surface area contributed by atoms with Crippen LogP contribution < -0.4 is 10.6 Å². The number of aliphatic carboxylic acids is 1. The van der Waals surface area contributed by atoms with E-state index in [1.807, 2.05) is 0 Å². The van der Waals surface area contributed by atoms with Crippen LogP contribution in [0.2, 0.25) is 0 Å². The van der Waals surface area contributed by atoms with Gasteiger partial charge in [-0.3, -0.25) is 29.0 Å². The third kappa shape index (κ3) is 5.03. The number of nitrogens with one attached hydrogen (secondary N) is 2. The Labute approximate surface area is 199 Å². The maximum Gasteiger partial charge on any atom is 0.305 e. The van der Waals surface area contributed by atoms with E-state index in [2.05, 4.69) is 20.9 Å². The highest BCUT2D eigenvalue weighted by Crippen LogP contribution is 2.28. The summed E-state index contributed by atoms with van der Waals surface area (Å²) >= 11 is 0. The zero-order valence-corrected chi connectivity index (χ0v) is 18.7. The molecule has 3 unspecified atom stereocenters. The molecule has 4 amide bonds. The van der Waals surface area contributed by atoms with Crippen molar-refractivity contribution in [3.05, 3.63) is 29.3 Å². The molecule has 3 heterocycles. The first-order chi connectivity index (χ1) is 16.8. The predicted octanol–water partition coefficient (Wildman–Crippen LogP) is 0.0691. The Kier molecular flexibility index (Phi) is 6.85. The number of aldehydes is 1. The normalized spacial score (nSPS) is 22.1. The van der Waals surface area contributed by atoms with E-state index >= 15 is 0 Å². The van der Waals surface area contributed by atoms with Gasteiger partial charge in [-0.1, -0.05) is 0 Å². The standard InChI is InChI=1S/C22H24N6O7/c29-11-14(9-19(31)32)24-21(34)17-2-1-7-27-18(30)6-5-16(22(35)28(17)27)25-20(33)12-3-4-15-13(8-12)10-23-26-15/h3-4,8,11,14,16-17H,1-2,5-7,9-10H2,(H,24,34)(H,25,33)(H,31,32). The lowest BCUT2D eigenvalue weighted by atomic mass is 10.0. The number of carboxylic acid groups (broad SMARTS) is 1. The zero-order chi connectivity index (χ0) is 25.1. The zero-order valence-electron chi connectivity index (χ0n) is 18.7. The minimum Gasteiger partial charge on any atom is -0.481 e. The number of carbonyl (C=O) groups is 6. The van der Waals surface area contributed by atoms with Gasteiger partial charge in [-0.15, -0.1) is 0 Å². The molecule has 0 radical (unpaired) electrons. The highest BCUT2D eigenvalue weighted by atomic mass is 16.4. The molecule has 0 aliphatic carbocycles. The van der Waals surface area contributed by atoms with Crippen LogP contribution in [0, 0.1) is 0 Å². The fraction of sp³-hybridized carbons (Fsp3) is 0.455. The van der Waals surface area contributed by atoms with Gasteiger partial charge in [-0.25, -0.2) is 5.01 Å². The van der Waals surface area contributed by atoms with Crippen LogP contribution in [-0.2, 0) is 30.5 Å². The van der Waals surface area contributed by atoms with Gasteiger partial charge < -0.3 is 20.5 Å². The summed E-state index contributed by atoms with van der Waals surface area (Å²) in [6.45, 7) is 0.579. The molecular formula is C22H24N6O7. The molecule has 3 atom stereocenters. The Balaban J connectivity index is 1.52. The van der Waals surface area contributed by atoms with Gasteiger partial charge in [0.2, 0.25) is 11.8 Å². The lowest BCUT2D eigenvalue weighted by Gasteiger charge is -2.43. The lowest BCUT2D eigenvalue weighted by molar-refractivity contribution is -0.176. The van der Waals surface area contributed by atoms with Crippen LogP contribution in [0.1, 0.15) is 48.0 Å². The van der Waals surface area contributed by atoms with Crippen molar-refractivity contribution in [2.24, 2.45) is 10.2 Å². The van der Waals surface area contributed by atoms with E-state index in [9.17, 15) is 28.8 Å². The average molecular weight is 484 g/mol. The molecule has 2 fully saturated rings. The number of rotatable bonds is 7. The van der Waals surface area contributed by atoms with Gasteiger partial charge in [0.25, 0.3) is 11.8 Å². The summed E-state index contributed by atoms with van der Waals surface area (Å²) in [7, 11) is 0. The molecule has 0 saturated carbocycles. The molecule has 0 aromatic heterocycles. The van der Waals surface area contributed by atoms with E-state index in [0.29, 0.717) is 30.5 Å². The summed E-state index contributed by atoms with van der Waals surface area (Å²) in [5.74, 6) is -3.53. The second kappa shape index (κ2) is 9.99. The number of carboxylic acids is 1. The number of benzene rings is 1. The lowest BCUT2D eigenvalue weighted by Crippen LogP contribution is -2.64. The van der Waals surface area contributed by atoms with Crippen LogP contribution in [0.15, 0.2) is 28.4 Å². The molecule has 13 nitrogen and oxygen atoms in total. The second-order valence-electron chi connectivity index (χ2n) is 8.51. The molecule has 3 N–H and O–H groups in total. The Bertz CT molecular complexity index is 1120. The largest absolute Gasteiger partial charge is 0.481 e. The van der Waals surface area contributed by atoms with E-state index in [1.54, 1.807) is 18.2 Å². The number of hydrazine groups is 1. The summed E-state index contributed by atoms with van der Waals surface area (Å²) in [5, 5.41) is 24.0. The third-order valence-corrected chi connectivity index (χ3v) is 6.12. The first kappa shape index (κ1) is 24.0. The van der Waals surface area contributed by atoms with Crippen LogP contribution in [-0.4, -0.2) is 75.7 Å². The van der Waals surface area contributed by atoms with Crippen LogP contribution >= 0.6 is 0 Å². The Morgan fingerprint density at radius 2 is 2.03 bits per heavy atom. The van der Waals surface area contributed by atoms with Gasteiger partial charge in [0.15, 0.2) is 0 Å². The summed E-state index contributed by atoms with van der Waals surface area (Å²) in [6, 6.07) is 1.40. The van der Waals surface area contributed by atoms with E-state index in [4.69, 9.17) is 5.11 Å². The first-order valence-electron chi connectivity index (χ1n) is 11.2. The average Bonchev–Trinajstić information content (AvgIpc) is 3.28. The summed E-state index contributed by atoms with van der Waals surface area (Å²) < 4.78 is 0. The van der Waals surface area contributed by atoms with Gasteiger partial charge in [0, 0.05) is 24.1 Å². The highest BCUT2D eigenvalue weighted by Gasteiger charge is 2.45. The number of hydrogen-bond donors (Lipinski definition) is 3. The van der Waals surface area contributed by atoms with E-state index in [0.717, 1.165) is 10.6 Å². The van der Waals surface area contributed by atoms with E-state index in [-0.39, 0.29) is 31.7 Å². The van der Waals surface area contributed by atoms with Crippen LogP contribution in [0.25, 0.3) is 0 Å². The van der Waals surface area contributed by atoms with E-state index in [1.165, 1.54) is 5.01 Å². The minimum absolute atomic E-state index is 0.0144. The van der Waals surface area contributed by atoms with Crippen LogP contribution in [0.5, 0.6) is 0 Å². The number of nitrogens with zero attached hydrogens (tertiary/aromatic N) is 4. The number of hydrogen-bond acceptors (Lipinski definition) is 8. The molecule has 184 valence electrons. The SMILES string of the molecule is O=CC(CC(=O)O)NC(=O)C1CCCN2C(=O)CCC(NC(=O)c3ccc4c(c3)CN=N4)C(=O)N12. The maximum atomic E-state index is 13.5. The van der Waals surface area contributed by atoms with Gasteiger partial charge in [0.05, 0.1) is 24.7 Å². The van der Waals surface area contributed by atoms with Crippen LogP contribution in [0.3, 0.4) is 0 Å². The molecule has 35 heavy (non-hydrogen) atoms. The summed E-state index contributed by atoms with van der Waals surface area (Å²) in [5.41, 5.74) is 1.77. The molecular weight excluding hydrogens is 460 g/mol. The maximum absolute atomic E-state index is 13.5. The van der Waals surface area contributed by atoms with Crippen molar-refractivity contribution in [3.8, 4) is 0 Å². The molecule has 0 bridgehead atoms. The van der Waals surface area contributed by atoms with Gasteiger partial charge in [0.1, 0.15) is 18.4 Å². The molecule has 0 spiro atoms. The molecule has 4 rings (SSSR count). The quantitative estimate of drug-likeness (QED) is 0.458. The highest BCUT2D eigenvalue weighted by molar-refractivity contribution is 6.00. The molecule has 13 heteroatoms. The second-order valence-corrected chi connectivity index (χ2v) is 8.51. The number of carbonyl (C=O) groups excluding carboxylic acids is 5. The van der Waals surface area contributed by atoms with Crippen molar-refractivity contribution in [2.75, 3.05) is 6.54 Å². The molecule has 3 aliphatic rings. The third-order valence-electron chi connectivity index (χ3n) is 6.12. The molecule has 2 saturated heterocycles. The number of fused-ring (bicyclic) bond motifs is 2. The molecule has 1 aromatic carbocycles. The summed E-state index contributed by atoms with van der Waals surface area (Å²) in [4.78, 5) is 74.2. The first-order valence-corrected chi connectivity index (χ1v) is 11.2. The Hall–Kier alpha value is -4.16. The molecule has 3 aliphatic heterocycles. The Morgan fingerprint density at radius 1 is 1.23 bits per heavy atom. The minimum atomic E-state index is -1.28. The smallest absolute Gasteiger partial charge is 0.305 e. The monoisotopic (exact) mass is 484 g/mol. The fourth-order valence-electron chi connectivity index (χ4n) is 4.39.